The zero-order valence-corrected chi connectivity index (χ0v) is 13.7. The third-order valence-corrected chi connectivity index (χ3v) is 3.51. The van der Waals surface area contributed by atoms with E-state index >= 15 is 0 Å². The Hall–Kier alpha value is -2.08. The van der Waals surface area contributed by atoms with E-state index in [4.69, 9.17) is 14.2 Å². The lowest BCUT2D eigenvalue weighted by Crippen LogP contribution is -2.53. The van der Waals surface area contributed by atoms with Gasteiger partial charge in [-0.05, 0) is 45.9 Å². The lowest BCUT2D eigenvalue weighted by atomic mass is 10.1. The molecule has 120 valence electrons. The first-order valence-corrected chi connectivity index (χ1v) is 6.95. The molecule has 2 rings (SSSR count). The van der Waals surface area contributed by atoms with Crippen LogP contribution in [-0.2, 0) is 9.47 Å². The summed E-state index contributed by atoms with van der Waals surface area (Å²) in [6.07, 6.45) is -0.630. The fourth-order valence-electron chi connectivity index (χ4n) is 2.36. The summed E-state index contributed by atoms with van der Waals surface area (Å²) in [7, 11) is 2.90. The number of fused-ring (bicyclic) bond motifs is 1. The van der Waals surface area contributed by atoms with Gasteiger partial charge in [0.2, 0.25) is 11.5 Å². The Morgan fingerprint density at radius 2 is 1.86 bits per heavy atom. The molecule has 1 aliphatic heterocycles. The summed E-state index contributed by atoms with van der Waals surface area (Å²) in [5.74, 6) is 0.228. The maximum Gasteiger partial charge on any atom is 0.417 e. The number of hydrogen-bond donors (Lipinski definition) is 0. The van der Waals surface area contributed by atoms with Crippen LogP contribution in [0.2, 0.25) is 0 Å². The van der Waals surface area contributed by atoms with Gasteiger partial charge >= 0.3 is 6.09 Å². The van der Waals surface area contributed by atoms with Gasteiger partial charge in [-0.3, -0.25) is 4.79 Å². The van der Waals surface area contributed by atoms with Crippen molar-refractivity contribution < 1.29 is 23.8 Å². The van der Waals surface area contributed by atoms with Crippen LogP contribution in [0.1, 0.15) is 38.1 Å². The van der Waals surface area contributed by atoms with Crippen LogP contribution in [0, 0.1) is 0 Å². The summed E-state index contributed by atoms with van der Waals surface area (Å²) in [6.45, 7) is 6.84. The van der Waals surface area contributed by atoms with Gasteiger partial charge < -0.3 is 14.2 Å². The molecular weight excluding hydrogens is 286 g/mol. The van der Waals surface area contributed by atoms with Crippen LogP contribution >= 0.6 is 0 Å². The quantitative estimate of drug-likeness (QED) is 0.840. The molecule has 1 atom stereocenters. The number of nitrogens with zero attached hydrogens (tertiary/aromatic N) is 1. The van der Waals surface area contributed by atoms with Crippen LogP contribution in [0.4, 0.5) is 10.5 Å². The fourth-order valence-corrected chi connectivity index (χ4v) is 2.36. The average Bonchev–Trinajstić information content (AvgIpc) is 2.66. The van der Waals surface area contributed by atoms with E-state index in [0.717, 1.165) is 0 Å². The third-order valence-electron chi connectivity index (χ3n) is 3.51. The molecule has 1 aliphatic rings. The van der Waals surface area contributed by atoms with Gasteiger partial charge in [0.25, 0.3) is 0 Å². The topological polar surface area (TPSA) is 65.1 Å². The van der Waals surface area contributed by atoms with E-state index in [0.29, 0.717) is 17.0 Å². The second kappa shape index (κ2) is 5.28. The van der Waals surface area contributed by atoms with Gasteiger partial charge in [-0.25, -0.2) is 9.69 Å². The molecule has 0 radical (unpaired) electrons. The minimum Gasteiger partial charge on any atom is -0.497 e. The maximum absolute atomic E-state index is 12.7. The molecule has 0 spiro atoms. The molecule has 1 aromatic rings. The van der Waals surface area contributed by atoms with Crippen LogP contribution in [-0.4, -0.2) is 37.4 Å². The highest BCUT2D eigenvalue weighted by atomic mass is 16.6. The van der Waals surface area contributed by atoms with Crippen molar-refractivity contribution in [2.24, 2.45) is 0 Å². The molecule has 6 heteroatoms. The van der Waals surface area contributed by atoms with Gasteiger partial charge in [-0.1, -0.05) is 0 Å². The Bertz CT molecular complexity index is 619. The summed E-state index contributed by atoms with van der Waals surface area (Å²) in [4.78, 5) is 26.5. The van der Waals surface area contributed by atoms with E-state index in [2.05, 4.69) is 0 Å². The van der Waals surface area contributed by atoms with Crippen molar-refractivity contribution in [3.63, 3.8) is 0 Å². The van der Waals surface area contributed by atoms with Crippen molar-refractivity contribution in [2.75, 3.05) is 19.1 Å². The van der Waals surface area contributed by atoms with Gasteiger partial charge in [0, 0.05) is 7.11 Å². The highest BCUT2D eigenvalue weighted by molar-refractivity contribution is 6.18. The van der Waals surface area contributed by atoms with Crippen molar-refractivity contribution in [2.45, 2.75) is 39.0 Å². The van der Waals surface area contributed by atoms with Gasteiger partial charge in [-0.2, -0.15) is 0 Å². The molecule has 0 aliphatic carbocycles. The summed E-state index contributed by atoms with van der Waals surface area (Å²) in [6, 6.07) is 4.93. The van der Waals surface area contributed by atoms with Gasteiger partial charge in [-0.15, -0.1) is 0 Å². The van der Waals surface area contributed by atoms with Gasteiger partial charge in [0.05, 0.1) is 18.4 Å². The predicted octanol–water partition coefficient (Wildman–Crippen LogP) is 3.00. The Balaban J connectivity index is 2.52. The predicted molar refractivity (Wildman–Crippen MR) is 81.5 cm³/mol. The molecule has 0 saturated carbocycles. The number of amides is 1. The molecule has 6 nitrogen and oxygen atoms in total. The number of benzene rings is 1. The van der Waals surface area contributed by atoms with Crippen molar-refractivity contribution in [1.29, 1.82) is 0 Å². The summed E-state index contributed by atoms with van der Waals surface area (Å²) in [5, 5.41) is 0. The van der Waals surface area contributed by atoms with E-state index in [1.165, 1.54) is 19.1 Å². The van der Waals surface area contributed by atoms with E-state index in [1.807, 2.05) is 0 Å². The number of ether oxygens (including phenoxy) is 3. The minimum absolute atomic E-state index is 0.310. The minimum atomic E-state index is -1.43. The van der Waals surface area contributed by atoms with Gasteiger partial charge in [0.15, 0.2) is 0 Å². The molecule has 1 unspecified atom stereocenters. The number of methoxy groups -OCH3 is 2. The molecule has 1 amide bonds. The Morgan fingerprint density at radius 3 is 2.36 bits per heavy atom. The summed E-state index contributed by atoms with van der Waals surface area (Å²) >= 11 is 0. The second-order valence-corrected chi connectivity index (χ2v) is 6.21. The molecule has 0 N–H and O–H groups in total. The van der Waals surface area contributed by atoms with E-state index in [1.54, 1.807) is 45.9 Å². The zero-order chi connectivity index (χ0) is 16.7. The molecule has 0 saturated heterocycles. The number of carbonyl (C=O) groups is 2. The van der Waals surface area contributed by atoms with Crippen molar-refractivity contribution in [3.8, 4) is 5.75 Å². The maximum atomic E-state index is 12.7. The molecule has 1 heterocycles. The van der Waals surface area contributed by atoms with Crippen molar-refractivity contribution >= 4 is 17.6 Å². The van der Waals surface area contributed by atoms with Gasteiger partial charge in [0.1, 0.15) is 11.4 Å². The highest BCUT2D eigenvalue weighted by Gasteiger charge is 2.52. The lowest BCUT2D eigenvalue weighted by molar-refractivity contribution is 0.00330. The number of anilines is 1. The van der Waals surface area contributed by atoms with Crippen LogP contribution in [0.25, 0.3) is 0 Å². The van der Waals surface area contributed by atoms with Crippen LogP contribution < -0.4 is 9.64 Å². The van der Waals surface area contributed by atoms with Crippen molar-refractivity contribution in [3.05, 3.63) is 23.8 Å². The first-order valence-electron chi connectivity index (χ1n) is 6.95. The van der Waals surface area contributed by atoms with E-state index in [9.17, 15) is 9.59 Å². The van der Waals surface area contributed by atoms with E-state index in [-0.39, 0.29) is 5.78 Å². The fraction of sp³-hybridized carbons (Fsp3) is 0.500. The van der Waals surface area contributed by atoms with E-state index < -0.39 is 17.4 Å². The number of Topliss-reactive ketones (excluding diaryl/α,β-unsaturated/α-hetero) is 1. The smallest absolute Gasteiger partial charge is 0.417 e. The molecule has 0 fully saturated rings. The summed E-state index contributed by atoms with van der Waals surface area (Å²) < 4.78 is 15.9. The zero-order valence-electron chi connectivity index (χ0n) is 13.7. The molecule has 1 aromatic carbocycles. The standard InChI is InChI=1S/C16H21NO5/c1-15(2,3)22-14(19)17-12-8-7-10(20-5)9-11(12)13(18)16(17,4)21-6/h7-9H,1-6H3. The molecule has 22 heavy (non-hydrogen) atoms. The second-order valence-electron chi connectivity index (χ2n) is 6.21. The Labute approximate surface area is 129 Å². The molecular formula is C16H21NO5. The number of ketones is 1. The first kappa shape index (κ1) is 16.3. The number of rotatable bonds is 2. The molecule has 0 aromatic heterocycles. The average molecular weight is 307 g/mol. The Kier molecular flexibility index (Phi) is 3.91. The monoisotopic (exact) mass is 307 g/mol. The van der Waals surface area contributed by atoms with Crippen LogP contribution in [0.5, 0.6) is 5.75 Å². The largest absolute Gasteiger partial charge is 0.497 e. The third kappa shape index (κ3) is 2.54. The van der Waals surface area contributed by atoms with Crippen molar-refractivity contribution in [1.82, 2.24) is 0 Å². The first-order chi connectivity index (χ1) is 10.1. The highest BCUT2D eigenvalue weighted by Crippen LogP contribution is 2.41. The van der Waals surface area contributed by atoms with Crippen LogP contribution in [0.15, 0.2) is 18.2 Å². The Morgan fingerprint density at radius 1 is 1.23 bits per heavy atom. The normalized spacial score (nSPS) is 20.8. The number of hydrogen-bond acceptors (Lipinski definition) is 5. The molecule has 0 bridgehead atoms. The van der Waals surface area contributed by atoms with Crippen LogP contribution in [0.3, 0.4) is 0 Å². The lowest BCUT2D eigenvalue weighted by Gasteiger charge is -2.33. The summed E-state index contributed by atoms with van der Waals surface area (Å²) in [5.41, 5.74) is -1.29. The SMILES string of the molecule is COc1ccc2c(c1)C(=O)C(C)(OC)N2C(=O)OC(C)(C)C. The number of carbonyl (C=O) groups excluding carboxylic acids is 2.